The molecule has 1 saturated heterocycles. The van der Waals surface area contributed by atoms with Gasteiger partial charge in [0.05, 0.1) is 4.88 Å². The molecule has 0 aliphatic carbocycles. The molecular weight excluding hydrogens is 344 g/mol. The van der Waals surface area contributed by atoms with Crippen LogP contribution in [0.4, 0.5) is 0 Å². The largest absolute Gasteiger partial charge is 0.337 e. The first-order valence-electron chi connectivity index (χ1n) is 9.12. The van der Waals surface area contributed by atoms with Gasteiger partial charge in [-0.15, -0.1) is 11.3 Å². The van der Waals surface area contributed by atoms with Gasteiger partial charge in [-0.1, -0.05) is 42.5 Å². The van der Waals surface area contributed by atoms with Crippen LogP contribution in [0.1, 0.15) is 34.5 Å². The maximum atomic E-state index is 13.0. The molecule has 1 aromatic carbocycles. The molecule has 3 heterocycles. The first-order chi connectivity index (χ1) is 12.7. The lowest BCUT2D eigenvalue weighted by atomic mass is 9.99. The number of likely N-dealkylation sites (tertiary alicyclic amines) is 1. The quantitative estimate of drug-likeness (QED) is 0.832. The Labute approximate surface area is 157 Å². The number of benzene rings is 1. The highest BCUT2D eigenvalue weighted by molar-refractivity contribution is 7.12. The van der Waals surface area contributed by atoms with E-state index in [-0.39, 0.29) is 17.9 Å². The third kappa shape index (κ3) is 3.31. The summed E-state index contributed by atoms with van der Waals surface area (Å²) in [6.07, 6.45) is 4.67. The van der Waals surface area contributed by atoms with Crippen molar-refractivity contribution in [1.82, 2.24) is 9.80 Å². The topological polar surface area (TPSA) is 40.6 Å². The van der Waals surface area contributed by atoms with Crippen LogP contribution in [-0.2, 0) is 4.79 Å². The SMILES string of the molecule is O=C(C1CCCN1C(=O)c1cccs1)N1CC=C(c2ccccc2)CC1. The second-order valence-corrected chi connectivity index (χ2v) is 7.71. The van der Waals surface area contributed by atoms with Gasteiger partial charge in [0.1, 0.15) is 6.04 Å². The van der Waals surface area contributed by atoms with E-state index in [0.29, 0.717) is 13.1 Å². The minimum absolute atomic E-state index is 0.00613. The molecule has 5 heteroatoms. The summed E-state index contributed by atoms with van der Waals surface area (Å²) in [5, 5.41) is 1.90. The Morgan fingerprint density at radius 2 is 1.88 bits per heavy atom. The molecule has 1 atom stereocenters. The Balaban J connectivity index is 1.44. The normalized spacial score (nSPS) is 20.2. The van der Waals surface area contributed by atoms with E-state index in [9.17, 15) is 9.59 Å². The van der Waals surface area contributed by atoms with Gasteiger partial charge >= 0.3 is 0 Å². The van der Waals surface area contributed by atoms with Crippen molar-refractivity contribution < 1.29 is 9.59 Å². The van der Waals surface area contributed by atoms with Gasteiger partial charge in [-0.3, -0.25) is 9.59 Å². The summed E-state index contributed by atoms with van der Waals surface area (Å²) in [5.74, 6) is 0.0872. The molecule has 1 unspecified atom stereocenters. The molecule has 0 spiro atoms. The lowest BCUT2D eigenvalue weighted by Crippen LogP contribution is -2.48. The van der Waals surface area contributed by atoms with Crippen LogP contribution in [0.5, 0.6) is 0 Å². The number of amides is 2. The molecule has 0 bridgehead atoms. The van der Waals surface area contributed by atoms with E-state index in [1.54, 1.807) is 4.90 Å². The highest BCUT2D eigenvalue weighted by Gasteiger charge is 2.37. The van der Waals surface area contributed by atoms with Crippen LogP contribution < -0.4 is 0 Å². The molecule has 134 valence electrons. The van der Waals surface area contributed by atoms with Crippen LogP contribution in [-0.4, -0.2) is 47.3 Å². The number of carbonyl (C=O) groups is 2. The predicted octanol–water partition coefficient (Wildman–Crippen LogP) is 3.67. The average Bonchev–Trinajstić information content (AvgIpc) is 3.40. The second-order valence-electron chi connectivity index (χ2n) is 6.76. The molecule has 2 amide bonds. The number of nitrogens with zero attached hydrogens (tertiary/aromatic N) is 2. The molecule has 26 heavy (non-hydrogen) atoms. The van der Waals surface area contributed by atoms with Gasteiger partial charge in [0.25, 0.3) is 5.91 Å². The lowest BCUT2D eigenvalue weighted by Gasteiger charge is -2.32. The Hall–Kier alpha value is -2.40. The smallest absolute Gasteiger partial charge is 0.264 e. The molecule has 1 aromatic heterocycles. The van der Waals surface area contributed by atoms with Crippen LogP contribution in [0.3, 0.4) is 0 Å². The molecule has 2 aliphatic rings. The summed E-state index contributed by atoms with van der Waals surface area (Å²) in [5.41, 5.74) is 2.53. The molecule has 2 aromatic rings. The van der Waals surface area contributed by atoms with E-state index in [1.807, 2.05) is 40.6 Å². The van der Waals surface area contributed by atoms with Crippen LogP contribution in [0, 0.1) is 0 Å². The summed E-state index contributed by atoms with van der Waals surface area (Å²) in [6.45, 7) is 2.02. The molecule has 0 N–H and O–H groups in total. The third-order valence-electron chi connectivity index (χ3n) is 5.20. The van der Waals surface area contributed by atoms with Crippen molar-refractivity contribution in [3.05, 3.63) is 64.4 Å². The Kier molecular flexibility index (Phi) is 4.89. The number of hydrogen-bond acceptors (Lipinski definition) is 3. The van der Waals surface area contributed by atoms with Crippen LogP contribution in [0.25, 0.3) is 5.57 Å². The first kappa shape index (κ1) is 17.0. The summed E-state index contributed by atoms with van der Waals surface area (Å²) in [7, 11) is 0. The van der Waals surface area contributed by atoms with Gasteiger partial charge in [-0.2, -0.15) is 0 Å². The molecule has 4 nitrogen and oxygen atoms in total. The van der Waals surface area contributed by atoms with Crippen molar-refractivity contribution in [3.63, 3.8) is 0 Å². The van der Waals surface area contributed by atoms with Gasteiger partial charge < -0.3 is 9.80 Å². The fraction of sp³-hybridized carbons (Fsp3) is 0.333. The molecule has 2 aliphatic heterocycles. The summed E-state index contributed by atoms with van der Waals surface area (Å²) in [6, 6.07) is 13.7. The summed E-state index contributed by atoms with van der Waals surface area (Å²) >= 11 is 1.44. The predicted molar refractivity (Wildman–Crippen MR) is 104 cm³/mol. The number of carbonyl (C=O) groups excluding carboxylic acids is 2. The number of hydrogen-bond donors (Lipinski definition) is 0. The van der Waals surface area contributed by atoms with Gasteiger partial charge in [0.15, 0.2) is 0 Å². The molecule has 0 radical (unpaired) electrons. The van der Waals surface area contributed by atoms with Crippen LogP contribution in [0.2, 0.25) is 0 Å². The standard InChI is InChI=1S/C21H22N2O2S/c24-20(18-8-4-12-23(18)21(25)19-9-5-15-26-19)22-13-10-17(11-14-22)16-6-2-1-3-7-16/h1-3,5-7,9-10,15,18H,4,8,11-14H2. The zero-order valence-corrected chi connectivity index (χ0v) is 15.5. The summed E-state index contributed by atoms with van der Waals surface area (Å²) in [4.78, 5) is 30.1. The summed E-state index contributed by atoms with van der Waals surface area (Å²) < 4.78 is 0. The minimum atomic E-state index is -0.309. The third-order valence-corrected chi connectivity index (χ3v) is 6.05. The maximum Gasteiger partial charge on any atom is 0.264 e. The van der Waals surface area contributed by atoms with E-state index in [2.05, 4.69) is 18.2 Å². The van der Waals surface area contributed by atoms with Crippen LogP contribution in [0.15, 0.2) is 53.9 Å². The van der Waals surface area contributed by atoms with Gasteiger partial charge in [0.2, 0.25) is 5.91 Å². The van der Waals surface area contributed by atoms with Gasteiger partial charge in [0, 0.05) is 19.6 Å². The Morgan fingerprint density at radius 3 is 2.58 bits per heavy atom. The minimum Gasteiger partial charge on any atom is -0.337 e. The first-order valence-corrected chi connectivity index (χ1v) is 10.00. The molecule has 0 saturated carbocycles. The van der Waals surface area contributed by atoms with E-state index in [4.69, 9.17) is 0 Å². The number of rotatable bonds is 3. The van der Waals surface area contributed by atoms with Crippen LogP contribution >= 0.6 is 11.3 Å². The highest BCUT2D eigenvalue weighted by atomic mass is 32.1. The van der Waals surface area contributed by atoms with Crippen molar-refractivity contribution >= 4 is 28.7 Å². The van der Waals surface area contributed by atoms with Crippen molar-refractivity contribution in [2.75, 3.05) is 19.6 Å². The van der Waals surface area contributed by atoms with Crippen molar-refractivity contribution in [2.45, 2.75) is 25.3 Å². The second kappa shape index (κ2) is 7.46. The van der Waals surface area contributed by atoms with Crippen molar-refractivity contribution in [2.24, 2.45) is 0 Å². The molecular formula is C21H22N2O2S. The molecule has 1 fully saturated rings. The zero-order valence-electron chi connectivity index (χ0n) is 14.6. The lowest BCUT2D eigenvalue weighted by molar-refractivity contribution is -0.134. The zero-order chi connectivity index (χ0) is 17.9. The van der Waals surface area contributed by atoms with Gasteiger partial charge in [-0.05, 0) is 41.8 Å². The molecule has 4 rings (SSSR count). The van der Waals surface area contributed by atoms with Gasteiger partial charge in [-0.25, -0.2) is 0 Å². The van der Waals surface area contributed by atoms with Crippen molar-refractivity contribution in [1.29, 1.82) is 0 Å². The van der Waals surface area contributed by atoms with E-state index < -0.39 is 0 Å². The van der Waals surface area contributed by atoms with E-state index in [0.717, 1.165) is 30.7 Å². The highest BCUT2D eigenvalue weighted by Crippen LogP contribution is 2.26. The van der Waals surface area contributed by atoms with Crippen molar-refractivity contribution in [3.8, 4) is 0 Å². The number of thiophene rings is 1. The monoisotopic (exact) mass is 366 g/mol. The fourth-order valence-corrected chi connectivity index (χ4v) is 4.48. The Bertz CT molecular complexity index is 814. The maximum absolute atomic E-state index is 13.0. The average molecular weight is 366 g/mol. The van der Waals surface area contributed by atoms with E-state index in [1.165, 1.54) is 22.5 Å². The van der Waals surface area contributed by atoms with E-state index >= 15 is 0 Å². The Morgan fingerprint density at radius 1 is 1.04 bits per heavy atom. The fourth-order valence-electron chi connectivity index (χ4n) is 3.80.